The van der Waals surface area contributed by atoms with E-state index < -0.39 is 24.6 Å². The van der Waals surface area contributed by atoms with Gasteiger partial charge in [0.25, 0.3) is 0 Å². The molecule has 0 radical (unpaired) electrons. The number of unbranched alkanes of at least 4 members (excludes halogenated alkanes) is 12. The highest BCUT2D eigenvalue weighted by molar-refractivity contribution is 5.74. The van der Waals surface area contributed by atoms with Crippen LogP contribution in [-0.2, 0) is 14.4 Å². The summed E-state index contributed by atoms with van der Waals surface area (Å²) in [7, 11) is 0. The minimum absolute atomic E-state index is 0.266. The number of hydrogen-bond acceptors (Lipinski definition) is 5. The minimum Gasteiger partial charge on any atom is -0.480 e. The molecule has 6 heteroatoms. The van der Waals surface area contributed by atoms with E-state index in [0.29, 0.717) is 0 Å². The summed E-state index contributed by atoms with van der Waals surface area (Å²) in [6, 6.07) is -1.27. The van der Waals surface area contributed by atoms with Gasteiger partial charge in [-0.3, -0.25) is 9.59 Å². The molecule has 0 unspecified atom stereocenters. The van der Waals surface area contributed by atoms with Gasteiger partial charge in [0.2, 0.25) is 0 Å². The average molecular weight is 360 g/mol. The van der Waals surface area contributed by atoms with E-state index in [0.717, 1.165) is 19.3 Å². The highest BCUT2D eigenvalue weighted by Gasteiger charge is 2.17. The Labute approximate surface area is 152 Å². The van der Waals surface area contributed by atoms with E-state index in [2.05, 4.69) is 17.2 Å². The van der Waals surface area contributed by atoms with Crippen LogP contribution in [0.4, 0.5) is 0 Å². The van der Waals surface area contributed by atoms with Crippen molar-refractivity contribution in [3.8, 4) is 0 Å². The number of carbonyl (C=O) groups is 2. The van der Waals surface area contributed by atoms with E-state index >= 15 is 0 Å². The Morgan fingerprint density at radius 2 is 1.28 bits per heavy atom. The zero-order valence-corrected chi connectivity index (χ0v) is 15.8. The van der Waals surface area contributed by atoms with Crippen LogP contribution in [0, 0.1) is 0 Å². The second-order valence-electron chi connectivity index (χ2n) is 6.66. The van der Waals surface area contributed by atoms with E-state index in [1.807, 2.05) is 0 Å². The van der Waals surface area contributed by atoms with Crippen molar-refractivity contribution in [2.45, 2.75) is 103 Å². The molecule has 0 heterocycles. The lowest BCUT2D eigenvalue weighted by atomic mass is 10.0. The third-order valence-corrected chi connectivity index (χ3v) is 4.28. The smallest absolute Gasteiger partial charge is 0.326 e. The lowest BCUT2D eigenvalue weighted by molar-refractivity contribution is -0.159. The Morgan fingerprint density at radius 1 is 0.840 bits per heavy atom. The Balaban J connectivity index is 3.30. The van der Waals surface area contributed by atoms with Crippen molar-refractivity contribution in [3.05, 3.63) is 0 Å². The first-order valence-corrected chi connectivity index (χ1v) is 9.90. The largest absolute Gasteiger partial charge is 0.480 e. The molecule has 25 heavy (non-hydrogen) atoms. The number of aliphatic hydroxyl groups is 1. The quantitative estimate of drug-likeness (QED) is 0.253. The molecule has 6 nitrogen and oxygen atoms in total. The number of carbonyl (C=O) groups excluding carboxylic acids is 1. The molecule has 1 atom stereocenters. The number of hydrogen-bond donors (Lipinski definition) is 3. The van der Waals surface area contributed by atoms with Crippen molar-refractivity contribution < 1.29 is 24.6 Å². The standard InChI is InChI=1S/C19H37NO5/c1-2-3-4-5-6-7-8-9-10-11-12-13-14-15-18(22)25-20-17(16-21)19(23)24/h17,20-21H,2-16H2,1H3,(H,23,24)/t17-/m0/s1. The van der Waals surface area contributed by atoms with Gasteiger partial charge in [0.05, 0.1) is 6.61 Å². The zero-order valence-electron chi connectivity index (χ0n) is 15.8. The van der Waals surface area contributed by atoms with Crippen LogP contribution in [-0.4, -0.2) is 34.8 Å². The van der Waals surface area contributed by atoms with E-state index in [1.54, 1.807) is 0 Å². The number of aliphatic carboxylic acids is 1. The summed E-state index contributed by atoms with van der Waals surface area (Å²) < 4.78 is 0. The van der Waals surface area contributed by atoms with Crippen molar-refractivity contribution in [1.82, 2.24) is 5.48 Å². The third kappa shape index (κ3) is 16.1. The Morgan fingerprint density at radius 3 is 1.68 bits per heavy atom. The monoisotopic (exact) mass is 359 g/mol. The van der Waals surface area contributed by atoms with Gasteiger partial charge >= 0.3 is 11.9 Å². The molecule has 0 aliphatic carbocycles. The highest BCUT2D eigenvalue weighted by atomic mass is 16.7. The molecule has 0 aliphatic rings. The van der Waals surface area contributed by atoms with Gasteiger partial charge in [-0.1, -0.05) is 84.0 Å². The van der Waals surface area contributed by atoms with Crippen molar-refractivity contribution in [2.24, 2.45) is 0 Å². The van der Waals surface area contributed by atoms with Gasteiger partial charge in [0, 0.05) is 6.42 Å². The SMILES string of the molecule is CCCCCCCCCCCCCCCC(=O)ON[C@@H](CO)C(=O)O. The third-order valence-electron chi connectivity index (χ3n) is 4.28. The normalized spacial score (nSPS) is 12.1. The van der Waals surface area contributed by atoms with Crippen molar-refractivity contribution >= 4 is 11.9 Å². The van der Waals surface area contributed by atoms with Gasteiger partial charge in [0.1, 0.15) is 0 Å². The van der Waals surface area contributed by atoms with Crippen LogP contribution >= 0.6 is 0 Å². The van der Waals surface area contributed by atoms with Gasteiger partial charge in [-0.15, -0.1) is 5.48 Å². The fraction of sp³-hybridized carbons (Fsp3) is 0.895. The Hall–Kier alpha value is -1.14. The molecule has 0 bridgehead atoms. The van der Waals surface area contributed by atoms with Gasteiger partial charge < -0.3 is 15.1 Å². The fourth-order valence-electron chi connectivity index (χ4n) is 2.64. The molecule has 0 fully saturated rings. The van der Waals surface area contributed by atoms with Crippen LogP contribution < -0.4 is 5.48 Å². The number of carboxylic acid groups (broad SMARTS) is 1. The van der Waals surface area contributed by atoms with E-state index in [9.17, 15) is 9.59 Å². The summed E-state index contributed by atoms with van der Waals surface area (Å²) in [5.41, 5.74) is 2.07. The van der Waals surface area contributed by atoms with Crippen LogP contribution in [0.25, 0.3) is 0 Å². The van der Waals surface area contributed by atoms with Crippen LogP contribution in [0.15, 0.2) is 0 Å². The number of aliphatic hydroxyl groups excluding tert-OH is 1. The predicted molar refractivity (Wildman–Crippen MR) is 98.0 cm³/mol. The first kappa shape index (κ1) is 23.9. The molecule has 148 valence electrons. The molecule has 0 aromatic carbocycles. The van der Waals surface area contributed by atoms with Crippen molar-refractivity contribution in [1.29, 1.82) is 0 Å². The molecule has 0 aliphatic heterocycles. The average Bonchev–Trinajstić information content (AvgIpc) is 2.59. The zero-order chi connectivity index (χ0) is 18.8. The summed E-state index contributed by atoms with van der Waals surface area (Å²) in [6.07, 6.45) is 16.4. The predicted octanol–water partition coefficient (Wildman–Crippen LogP) is 3.96. The second-order valence-corrected chi connectivity index (χ2v) is 6.66. The van der Waals surface area contributed by atoms with Crippen LogP contribution in [0.1, 0.15) is 96.8 Å². The molecular formula is C19H37NO5. The summed E-state index contributed by atoms with van der Waals surface area (Å²) in [5, 5.41) is 17.4. The number of carboxylic acids is 1. The lowest BCUT2D eigenvalue weighted by Crippen LogP contribution is -2.40. The molecule has 0 saturated carbocycles. The first-order chi connectivity index (χ1) is 12.1. The molecular weight excluding hydrogens is 322 g/mol. The summed E-state index contributed by atoms with van der Waals surface area (Å²) >= 11 is 0. The van der Waals surface area contributed by atoms with Crippen molar-refractivity contribution in [3.63, 3.8) is 0 Å². The maximum Gasteiger partial charge on any atom is 0.326 e. The maximum atomic E-state index is 11.4. The summed E-state index contributed by atoms with van der Waals surface area (Å²) in [5.74, 6) is -1.74. The van der Waals surface area contributed by atoms with Crippen LogP contribution in [0.5, 0.6) is 0 Å². The van der Waals surface area contributed by atoms with Gasteiger partial charge in [0.15, 0.2) is 6.04 Å². The van der Waals surface area contributed by atoms with E-state index in [-0.39, 0.29) is 6.42 Å². The Kier molecular flexibility index (Phi) is 16.9. The number of hydroxylamine groups is 1. The van der Waals surface area contributed by atoms with Gasteiger partial charge in [-0.25, -0.2) is 0 Å². The first-order valence-electron chi connectivity index (χ1n) is 9.90. The van der Waals surface area contributed by atoms with Crippen LogP contribution in [0.3, 0.4) is 0 Å². The van der Waals surface area contributed by atoms with Crippen molar-refractivity contribution in [2.75, 3.05) is 6.61 Å². The molecule has 0 aromatic rings. The maximum absolute atomic E-state index is 11.4. The van der Waals surface area contributed by atoms with E-state index in [4.69, 9.17) is 10.2 Å². The lowest BCUT2D eigenvalue weighted by Gasteiger charge is -2.10. The molecule has 0 aromatic heterocycles. The molecule has 0 amide bonds. The molecule has 0 rings (SSSR count). The summed E-state index contributed by atoms with van der Waals surface area (Å²) in [4.78, 5) is 26.7. The number of nitrogens with one attached hydrogen (secondary N) is 1. The van der Waals surface area contributed by atoms with Gasteiger partial charge in [-0.2, -0.15) is 0 Å². The molecule has 0 saturated heterocycles. The number of rotatable bonds is 18. The topological polar surface area (TPSA) is 95.9 Å². The highest BCUT2D eigenvalue weighted by Crippen LogP contribution is 2.13. The Bertz CT molecular complexity index is 336. The molecule has 3 N–H and O–H groups in total. The minimum atomic E-state index is -1.27. The summed E-state index contributed by atoms with van der Waals surface area (Å²) in [6.45, 7) is 1.62. The van der Waals surface area contributed by atoms with E-state index in [1.165, 1.54) is 64.2 Å². The van der Waals surface area contributed by atoms with Crippen LogP contribution in [0.2, 0.25) is 0 Å². The fourth-order valence-corrected chi connectivity index (χ4v) is 2.64. The molecule has 0 spiro atoms. The second kappa shape index (κ2) is 17.7. The van der Waals surface area contributed by atoms with Gasteiger partial charge in [-0.05, 0) is 6.42 Å².